The minimum absolute atomic E-state index is 0.0579. The molecule has 0 unspecified atom stereocenters. The first-order valence-corrected chi connectivity index (χ1v) is 7.49. The molecule has 1 heterocycles. The van der Waals surface area contributed by atoms with E-state index in [0.29, 0.717) is 18.8 Å². The van der Waals surface area contributed by atoms with E-state index in [2.05, 4.69) is 17.6 Å². The number of nitrogens with one attached hydrogen (secondary N) is 2. The Morgan fingerprint density at radius 1 is 1.09 bits per heavy atom. The molecule has 6 heteroatoms. The highest BCUT2D eigenvalue weighted by Crippen LogP contribution is 2.12. The highest BCUT2D eigenvalue weighted by atomic mass is 16.5. The lowest BCUT2D eigenvalue weighted by Gasteiger charge is -2.08. The molecule has 1 aromatic carbocycles. The summed E-state index contributed by atoms with van der Waals surface area (Å²) in [5, 5.41) is 5.31. The van der Waals surface area contributed by atoms with Crippen LogP contribution in [0, 0.1) is 0 Å². The fourth-order valence-electron chi connectivity index (χ4n) is 1.89. The number of amides is 2. The summed E-state index contributed by atoms with van der Waals surface area (Å²) in [6.45, 7) is 2.66. The summed E-state index contributed by atoms with van der Waals surface area (Å²) in [6, 6.07) is 10.8. The molecule has 2 N–H and O–H groups in total. The molecule has 1 aromatic heterocycles. The number of carbonyl (C=O) groups excluding carboxylic acids is 2. The third-order valence-electron chi connectivity index (χ3n) is 3.18. The van der Waals surface area contributed by atoms with Crippen LogP contribution < -0.4 is 15.4 Å². The zero-order valence-corrected chi connectivity index (χ0v) is 13.0. The van der Waals surface area contributed by atoms with Crippen LogP contribution in [0.4, 0.5) is 0 Å². The van der Waals surface area contributed by atoms with Gasteiger partial charge in [0.1, 0.15) is 5.75 Å². The largest absolute Gasteiger partial charge is 0.484 e. The number of furan rings is 1. The lowest BCUT2D eigenvalue weighted by atomic mass is 10.2. The number of ether oxygens (including phenoxy) is 1. The summed E-state index contributed by atoms with van der Waals surface area (Å²) in [5.41, 5.74) is 1.22. The number of rotatable bonds is 8. The standard InChI is InChI=1S/C17H20N2O4/c1-2-13-5-7-14(8-6-13)23-12-16(20)18-9-10-19-17(21)15-4-3-11-22-15/h3-8,11H,2,9-10,12H2,1H3,(H,18,20)(H,19,21). The van der Waals surface area contributed by atoms with Gasteiger partial charge in [0.2, 0.25) is 0 Å². The Labute approximate surface area is 134 Å². The van der Waals surface area contributed by atoms with Gasteiger partial charge in [-0.25, -0.2) is 0 Å². The van der Waals surface area contributed by atoms with E-state index in [1.807, 2.05) is 24.3 Å². The molecule has 122 valence electrons. The fraction of sp³-hybridized carbons (Fsp3) is 0.294. The Kier molecular flexibility index (Phi) is 6.23. The second-order valence-corrected chi connectivity index (χ2v) is 4.87. The molecular weight excluding hydrogens is 296 g/mol. The van der Waals surface area contributed by atoms with Gasteiger partial charge in [0.05, 0.1) is 6.26 Å². The summed E-state index contributed by atoms with van der Waals surface area (Å²) in [7, 11) is 0. The van der Waals surface area contributed by atoms with E-state index in [-0.39, 0.29) is 24.2 Å². The smallest absolute Gasteiger partial charge is 0.287 e. The third kappa shape index (κ3) is 5.50. The molecule has 0 atom stereocenters. The molecule has 0 radical (unpaired) electrons. The molecule has 0 spiro atoms. The van der Waals surface area contributed by atoms with Gasteiger partial charge in [-0.05, 0) is 36.2 Å². The van der Waals surface area contributed by atoms with Gasteiger partial charge in [-0.2, -0.15) is 0 Å². The molecule has 0 fully saturated rings. The van der Waals surface area contributed by atoms with Crippen molar-refractivity contribution in [1.29, 1.82) is 0 Å². The molecule has 0 bridgehead atoms. The van der Waals surface area contributed by atoms with E-state index in [1.54, 1.807) is 12.1 Å². The van der Waals surface area contributed by atoms with Gasteiger partial charge in [0, 0.05) is 13.1 Å². The van der Waals surface area contributed by atoms with Gasteiger partial charge in [0.25, 0.3) is 11.8 Å². The Morgan fingerprint density at radius 3 is 2.48 bits per heavy atom. The van der Waals surface area contributed by atoms with Crippen molar-refractivity contribution in [2.75, 3.05) is 19.7 Å². The van der Waals surface area contributed by atoms with Crippen LogP contribution >= 0.6 is 0 Å². The number of aryl methyl sites for hydroxylation is 1. The summed E-state index contributed by atoms with van der Waals surface area (Å²) in [5.74, 6) is 0.354. The molecule has 23 heavy (non-hydrogen) atoms. The average molecular weight is 316 g/mol. The number of hydrogen-bond acceptors (Lipinski definition) is 4. The second kappa shape index (κ2) is 8.63. The maximum atomic E-state index is 11.6. The second-order valence-electron chi connectivity index (χ2n) is 4.87. The zero-order chi connectivity index (χ0) is 16.5. The Morgan fingerprint density at radius 2 is 1.83 bits per heavy atom. The third-order valence-corrected chi connectivity index (χ3v) is 3.18. The first-order chi connectivity index (χ1) is 11.2. The van der Waals surface area contributed by atoms with Crippen molar-refractivity contribution in [3.63, 3.8) is 0 Å². The highest BCUT2D eigenvalue weighted by molar-refractivity contribution is 5.91. The van der Waals surface area contributed by atoms with Gasteiger partial charge in [-0.15, -0.1) is 0 Å². The topological polar surface area (TPSA) is 80.6 Å². The van der Waals surface area contributed by atoms with E-state index in [9.17, 15) is 9.59 Å². The van der Waals surface area contributed by atoms with Crippen molar-refractivity contribution in [2.24, 2.45) is 0 Å². The quantitative estimate of drug-likeness (QED) is 0.727. The van der Waals surface area contributed by atoms with E-state index in [1.165, 1.54) is 11.8 Å². The minimum atomic E-state index is -0.309. The van der Waals surface area contributed by atoms with Crippen molar-refractivity contribution in [1.82, 2.24) is 10.6 Å². The molecule has 2 rings (SSSR count). The summed E-state index contributed by atoms with van der Waals surface area (Å²) >= 11 is 0. The highest BCUT2D eigenvalue weighted by Gasteiger charge is 2.07. The van der Waals surface area contributed by atoms with Gasteiger partial charge in [0.15, 0.2) is 12.4 Å². The molecular formula is C17H20N2O4. The fourth-order valence-corrected chi connectivity index (χ4v) is 1.89. The van der Waals surface area contributed by atoms with Gasteiger partial charge >= 0.3 is 0 Å². The van der Waals surface area contributed by atoms with E-state index >= 15 is 0 Å². The van der Waals surface area contributed by atoms with Crippen LogP contribution in [0.25, 0.3) is 0 Å². The van der Waals surface area contributed by atoms with Gasteiger partial charge < -0.3 is 19.8 Å². The summed E-state index contributed by atoms with van der Waals surface area (Å²) in [4.78, 5) is 23.2. The number of hydrogen-bond donors (Lipinski definition) is 2. The van der Waals surface area contributed by atoms with Crippen molar-refractivity contribution in [2.45, 2.75) is 13.3 Å². The van der Waals surface area contributed by atoms with Crippen molar-refractivity contribution in [3.8, 4) is 5.75 Å². The lowest BCUT2D eigenvalue weighted by Crippen LogP contribution is -2.36. The molecule has 0 aliphatic heterocycles. The van der Waals surface area contributed by atoms with Crippen LogP contribution in [0.15, 0.2) is 47.1 Å². The predicted octanol–water partition coefficient (Wildman–Crippen LogP) is 1.77. The Bertz CT molecular complexity index is 621. The SMILES string of the molecule is CCc1ccc(OCC(=O)NCCNC(=O)c2ccco2)cc1. The summed E-state index contributed by atoms with van der Waals surface area (Å²) < 4.78 is 10.3. The van der Waals surface area contributed by atoms with E-state index in [0.717, 1.165) is 6.42 Å². The van der Waals surface area contributed by atoms with Crippen LogP contribution in [0.5, 0.6) is 5.75 Å². The Hall–Kier alpha value is -2.76. The van der Waals surface area contributed by atoms with Crippen LogP contribution in [0.1, 0.15) is 23.0 Å². The maximum absolute atomic E-state index is 11.6. The van der Waals surface area contributed by atoms with E-state index in [4.69, 9.17) is 9.15 Å². The monoisotopic (exact) mass is 316 g/mol. The van der Waals surface area contributed by atoms with Crippen molar-refractivity contribution >= 4 is 11.8 Å². The maximum Gasteiger partial charge on any atom is 0.287 e. The average Bonchev–Trinajstić information content (AvgIpc) is 3.12. The molecule has 0 saturated heterocycles. The first-order valence-electron chi connectivity index (χ1n) is 7.49. The van der Waals surface area contributed by atoms with Crippen LogP contribution in [-0.4, -0.2) is 31.5 Å². The Balaban J connectivity index is 1.60. The lowest BCUT2D eigenvalue weighted by molar-refractivity contribution is -0.123. The molecule has 0 saturated carbocycles. The molecule has 6 nitrogen and oxygen atoms in total. The molecule has 2 aromatic rings. The van der Waals surface area contributed by atoms with Crippen molar-refractivity contribution in [3.05, 3.63) is 54.0 Å². The zero-order valence-electron chi connectivity index (χ0n) is 13.0. The minimum Gasteiger partial charge on any atom is -0.484 e. The van der Waals surface area contributed by atoms with Gasteiger partial charge in [-0.3, -0.25) is 9.59 Å². The molecule has 2 amide bonds. The van der Waals surface area contributed by atoms with Crippen LogP contribution in [0.3, 0.4) is 0 Å². The predicted molar refractivity (Wildman–Crippen MR) is 85.4 cm³/mol. The number of benzene rings is 1. The van der Waals surface area contributed by atoms with Crippen LogP contribution in [-0.2, 0) is 11.2 Å². The van der Waals surface area contributed by atoms with Gasteiger partial charge in [-0.1, -0.05) is 19.1 Å². The molecule has 0 aliphatic rings. The molecule has 0 aliphatic carbocycles. The van der Waals surface area contributed by atoms with E-state index < -0.39 is 0 Å². The number of carbonyl (C=O) groups is 2. The normalized spacial score (nSPS) is 10.1. The summed E-state index contributed by atoms with van der Waals surface area (Å²) in [6.07, 6.45) is 2.39. The van der Waals surface area contributed by atoms with Crippen LogP contribution in [0.2, 0.25) is 0 Å². The van der Waals surface area contributed by atoms with Crippen molar-refractivity contribution < 1.29 is 18.7 Å². The first kappa shape index (κ1) is 16.6.